The predicted octanol–water partition coefficient (Wildman–Crippen LogP) is 7.65. The maximum absolute atomic E-state index is 13.9. The third kappa shape index (κ3) is 7.82. The number of piperidine rings is 1. The lowest BCUT2D eigenvalue weighted by atomic mass is 9.81. The Bertz CT molecular complexity index is 1890. The topological polar surface area (TPSA) is 86.1 Å². The molecule has 1 amide bonds. The van der Waals surface area contributed by atoms with Gasteiger partial charge in [0.05, 0.1) is 33.6 Å². The summed E-state index contributed by atoms with van der Waals surface area (Å²) in [5.74, 6) is 1.22. The highest BCUT2D eigenvalue weighted by molar-refractivity contribution is 6.36. The lowest BCUT2D eigenvalue weighted by molar-refractivity contribution is -0.0453. The number of Topliss-reactive ketones (excluding diaryl/α,β-unsaturated/α-hetero) is 1. The summed E-state index contributed by atoms with van der Waals surface area (Å²) < 4.78 is 20.2. The van der Waals surface area contributed by atoms with E-state index in [2.05, 4.69) is 17.0 Å². The number of ketones is 1. The monoisotopic (exact) mass is 730 g/mol. The number of benzene rings is 3. The molecule has 4 aromatic rings. The number of fused-ring (bicyclic) bond motifs is 1. The molecule has 3 aromatic carbocycles. The standard InChI is InChI=1S/C40H44Cl2N4O5/c1-2-49-23-22-46-34-11-7-6-10-33(34)43-38(46)37(47)29-14-18-44(19-15-29)20-16-40(35-26-50-36(51-35)24-28-8-4-3-5-9-28)17-21-45(27-40)39(48)31-13-12-30(41)25-32(31)42/h3-13,25-26,29,36H,2,14-24,27H2,1H3. The van der Waals surface area contributed by atoms with Gasteiger partial charge in [-0.25, -0.2) is 4.98 Å². The summed E-state index contributed by atoms with van der Waals surface area (Å²) in [4.78, 5) is 36.7. The molecule has 7 rings (SSSR count). The van der Waals surface area contributed by atoms with E-state index < -0.39 is 11.7 Å². The van der Waals surface area contributed by atoms with Gasteiger partial charge in [0.15, 0.2) is 5.82 Å². The second-order valence-corrected chi connectivity index (χ2v) is 14.6. The summed E-state index contributed by atoms with van der Waals surface area (Å²) in [6.07, 6.45) is 5.02. The molecule has 1 aromatic heterocycles. The Morgan fingerprint density at radius 2 is 1.76 bits per heavy atom. The zero-order valence-electron chi connectivity index (χ0n) is 28.9. The molecule has 51 heavy (non-hydrogen) atoms. The van der Waals surface area contributed by atoms with E-state index in [4.69, 9.17) is 42.4 Å². The number of carbonyl (C=O) groups excluding carboxylic acids is 2. The smallest absolute Gasteiger partial charge is 0.255 e. The number of carbonyl (C=O) groups is 2. The Labute approximate surface area is 309 Å². The quantitative estimate of drug-likeness (QED) is 0.103. The van der Waals surface area contributed by atoms with E-state index in [9.17, 15) is 9.59 Å². The molecular weight excluding hydrogens is 687 g/mol. The fourth-order valence-corrected chi connectivity index (χ4v) is 8.14. The number of para-hydroxylation sites is 2. The largest absolute Gasteiger partial charge is 0.459 e. The minimum Gasteiger partial charge on any atom is -0.459 e. The summed E-state index contributed by atoms with van der Waals surface area (Å²) in [5.41, 5.74) is 2.95. The highest BCUT2D eigenvalue weighted by atomic mass is 35.5. The zero-order chi connectivity index (χ0) is 35.4. The van der Waals surface area contributed by atoms with E-state index in [1.165, 1.54) is 0 Å². The van der Waals surface area contributed by atoms with Gasteiger partial charge in [0, 0.05) is 43.6 Å². The van der Waals surface area contributed by atoms with Crippen LogP contribution in [0.1, 0.15) is 59.1 Å². The first-order chi connectivity index (χ1) is 24.8. The van der Waals surface area contributed by atoms with Crippen LogP contribution in [0.3, 0.4) is 0 Å². The van der Waals surface area contributed by atoms with Gasteiger partial charge in [-0.2, -0.15) is 0 Å². The number of halogens is 2. The lowest BCUT2D eigenvalue weighted by Gasteiger charge is -2.35. The van der Waals surface area contributed by atoms with Crippen molar-refractivity contribution in [3.05, 3.63) is 112 Å². The van der Waals surface area contributed by atoms with Crippen LogP contribution in [0.4, 0.5) is 0 Å². The zero-order valence-corrected chi connectivity index (χ0v) is 30.5. The fraction of sp³-hybridized carbons (Fsp3) is 0.425. The van der Waals surface area contributed by atoms with Gasteiger partial charge < -0.3 is 28.6 Å². The van der Waals surface area contributed by atoms with E-state index in [-0.39, 0.29) is 17.6 Å². The second kappa shape index (κ2) is 15.8. The number of amides is 1. The van der Waals surface area contributed by atoms with Crippen LogP contribution in [0.15, 0.2) is 84.8 Å². The summed E-state index contributed by atoms with van der Waals surface area (Å²) in [6, 6.07) is 23.1. The highest BCUT2D eigenvalue weighted by Crippen LogP contribution is 2.45. The van der Waals surface area contributed by atoms with E-state index >= 15 is 0 Å². The average molecular weight is 732 g/mol. The number of hydrogen-bond donors (Lipinski definition) is 0. The number of ether oxygens (including phenoxy) is 3. The maximum atomic E-state index is 13.9. The number of aromatic nitrogens is 2. The van der Waals surface area contributed by atoms with E-state index in [0.717, 1.165) is 67.7 Å². The van der Waals surface area contributed by atoms with Crippen molar-refractivity contribution in [3.63, 3.8) is 0 Å². The molecule has 0 radical (unpaired) electrons. The molecule has 2 atom stereocenters. The Balaban J connectivity index is 1.02. The van der Waals surface area contributed by atoms with Crippen molar-refractivity contribution < 1.29 is 23.8 Å². The number of imidazole rings is 1. The summed E-state index contributed by atoms with van der Waals surface area (Å²) in [7, 11) is 0. The van der Waals surface area contributed by atoms with Crippen molar-refractivity contribution in [2.75, 3.05) is 45.9 Å². The summed E-state index contributed by atoms with van der Waals surface area (Å²) in [5, 5.41) is 0.832. The van der Waals surface area contributed by atoms with Gasteiger partial charge >= 0.3 is 0 Å². The Kier molecular flexibility index (Phi) is 11.0. The second-order valence-electron chi connectivity index (χ2n) is 13.7. The number of nitrogens with zero attached hydrogens (tertiary/aromatic N) is 4. The minimum atomic E-state index is -0.422. The normalized spacial score (nSPS) is 21.1. The molecular formula is C40H44Cl2N4O5. The van der Waals surface area contributed by atoms with Crippen molar-refractivity contribution in [2.45, 2.75) is 51.9 Å². The predicted molar refractivity (Wildman–Crippen MR) is 198 cm³/mol. The molecule has 0 N–H and O–H groups in total. The van der Waals surface area contributed by atoms with Crippen LogP contribution in [0.2, 0.25) is 10.0 Å². The molecule has 11 heteroatoms. The van der Waals surface area contributed by atoms with E-state index in [1.54, 1.807) is 24.5 Å². The molecule has 0 spiro atoms. The van der Waals surface area contributed by atoms with Crippen LogP contribution in [0.25, 0.3) is 11.0 Å². The first-order valence-electron chi connectivity index (χ1n) is 17.9. The summed E-state index contributed by atoms with van der Waals surface area (Å²) >= 11 is 12.6. The molecule has 2 fully saturated rings. The van der Waals surface area contributed by atoms with Crippen molar-refractivity contribution in [1.29, 1.82) is 0 Å². The number of likely N-dealkylation sites (tertiary alicyclic amines) is 2. The Morgan fingerprint density at radius 3 is 2.55 bits per heavy atom. The summed E-state index contributed by atoms with van der Waals surface area (Å²) in [6.45, 7) is 7.21. The van der Waals surface area contributed by atoms with Crippen molar-refractivity contribution in [3.8, 4) is 0 Å². The van der Waals surface area contributed by atoms with Gasteiger partial charge in [-0.05, 0) is 88.1 Å². The lowest BCUT2D eigenvalue weighted by Crippen LogP contribution is -2.41. The van der Waals surface area contributed by atoms with Crippen molar-refractivity contribution in [2.24, 2.45) is 11.3 Å². The van der Waals surface area contributed by atoms with Gasteiger partial charge in [0.25, 0.3) is 5.91 Å². The minimum absolute atomic E-state index is 0.0883. The molecule has 0 saturated carbocycles. The van der Waals surface area contributed by atoms with Crippen LogP contribution in [0, 0.1) is 11.3 Å². The van der Waals surface area contributed by atoms with Crippen LogP contribution in [-0.4, -0.2) is 83.3 Å². The number of hydrogen-bond acceptors (Lipinski definition) is 7. The fourth-order valence-electron chi connectivity index (χ4n) is 7.65. The first kappa shape index (κ1) is 35.5. The number of rotatable bonds is 13. The van der Waals surface area contributed by atoms with Gasteiger partial charge in [-0.3, -0.25) is 9.59 Å². The van der Waals surface area contributed by atoms with E-state index in [0.29, 0.717) is 60.7 Å². The maximum Gasteiger partial charge on any atom is 0.255 e. The van der Waals surface area contributed by atoms with Crippen LogP contribution in [0.5, 0.6) is 0 Å². The average Bonchev–Trinajstić information content (AvgIpc) is 3.89. The van der Waals surface area contributed by atoms with Gasteiger partial charge in [-0.1, -0.05) is 65.7 Å². The van der Waals surface area contributed by atoms with Crippen molar-refractivity contribution in [1.82, 2.24) is 19.4 Å². The third-order valence-corrected chi connectivity index (χ3v) is 11.1. The van der Waals surface area contributed by atoms with Crippen LogP contribution >= 0.6 is 23.2 Å². The Morgan fingerprint density at radius 1 is 0.980 bits per heavy atom. The van der Waals surface area contributed by atoms with E-state index in [1.807, 2.05) is 58.9 Å². The first-order valence-corrected chi connectivity index (χ1v) is 18.7. The molecule has 268 valence electrons. The van der Waals surface area contributed by atoms with Crippen molar-refractivity contribution >= 4 is 45.9 Å². The van der Waals surface area contributed by atoms with Gasteiger partial charge in [0.2, 0.25) is 12.1 Å². The molecule has 4 heterocycles. The highest BCUT2D eigenvalue weighted by Gasteiger charge is 2.47. The molecule has 2 unspecified atom stereocenters. The van der Waals surface area contributed by atoms with Gasteiger partial charge in [-0.15, -0.1) is 0 Å². The van der Waals surface area contributed by atoms with Gasteiger partial charge in [0.1, 0.15) is 12.0 Å². The molecule has 3 aliphatic heterocycles. The van der Waals surface area contributed by atoms with Crippen LogP contribution < -0.4 is 0 Å². The van der Waals surface area contributed by atoms with Crippen LogP contribution in [-0.2, 0) is 27.2 Å². The molecule has 0 bridgehead atoms. The SMILES string of the molecule is CCOCCn1c(C(=O)C2CCN(CCC3(C4=COC(Cc5ccccc5)O4)CCN(C(=O)c4ccc(Cl)cc4Cl)C3)CC2)nc2ccccc21. The molecule has 0 aliphatic carbocycles. The molecule has 3 aliphatic rings. The third-order valence-electron chi connectivity index (χ3n) is 10.6. The Hall–Kier alpha value is -3.89. The molecule has 9 nitrogen and oxygen atoms in total. The molecule has 2 saturated heterocycles.